The molecule has 0 aliphatic carbocycles. The van der Waals surface area contributed by atoms with Gasteiger partial charge in [0, 0.05) is 20.6 Å². The highest BCUT2D eigenvalue weighted by molar-refractivity contribution is 9.10. The normalized spacial score (nSPS) is 12.2. The fourth-order valence-electron chi connectivity index (χ4n) is 1.60. The lowest BCUT2D eigenvalue weighted by molar-refractivity contribution is 0.472. The zero-order chi connectivity index (χ0) is 13.1. The van der Waals surface area contributed by atoms with Crippen molar-refractivity contribution < 1.29 is 4.74 Å². The quantitative estimate of drug-likeness (QED) is 0.822. The highest BCUT2D eigenvalue weighted by Gasteiger charge is 2.09. The van der Waals surface area contributed by atoms with E-state index in [-0.39, 0.29) is 6.04 Å². The first-order valence-electron chi connectivity index (χ1n) is 5.54. The third-order valence-corrected chi connectivity index (χ3v) is 3.53. The van der Waals surface area contributed by atoms with Crippen LogP contribution in [0, 0.1) is 0 Å². The van der Waals surface area contributed by atoms with Crippen molar-refractivity contribution in [2.75, 3.05) is 0 Å². The Morgan fingerprint density at radius 1 is 1.00 bits per heavy atom. The van der Waals surface area contributed by atoms with Gasteiger partial charge < -0.3 is 10.5 Å². The molecule has 2 aromatic rings. The van der Waals surface area contributed by atoms with Crippen molar-refractivity contribution in [2.24, 2.45) is 5.73 Å². The number of nitrogens with two attached hydrogens (primary N) is 1. The van der Waals surface area contributed by atoms with E-state index in [4.69, 9.17) is 10.5 Å². The minimum Gasteiger partial charge on any atom is -0.457 e. The van der Waals surface area contributed by atoms with Crippen LogP contribution >= 0.6 is 31.9 Å². The van der Waals surface area contributed by atoms with E-state index in [1.165, 1.54) is 0 Å². The second kappa shape index (κ2) is 5.87. The van der Waals surface area contributed by atoms with Gasteiger partial charge >= 0.3 is 0 Å². The Balaban J connectivity index is 2.31. The van der Waals surface area contributed by atoms with Gasteiger partial charge in [0.25, 0.3) is 0 Å². The topological polar surface area (TPSA) is 35.2 Å². The summed E-state index contributed by atoms with van der Waals surface area (Å²) in [5.41, 5.74) is 6.93. The van der Waals surface area contributed by atoms with Crippen LogP contribution in [0.5, 0.6) is 11.5 Å². The SMILES string of the molecule is CC(N)c1cc(Br)ccc1Oc1ccc(Br)cc1. The molecule has 2 aromatic carbocycles. The van der Waals surface area contributed by atoms with E-state index < -0.39 is 0 Å². The predicted octanol–water partition coefficient (Wildman–Crippen LogP) is 5.02. The molecule has 0 aromatic heterocycles. The Bertz CT molecular complexity index is 538. The number of hydrogen-bond acceptors (Lipinski definition) is 2. The molecule has 0 radical (unpaired) electrons. The monoisotopic (exact) mass is 369 g/mol. The number of benzene rings is 2. The molecule has 2 nitrogen and oxygen atoms in total. The van der Waals surface area contributed by atoms with Gasteiger partial charge in [-0.1, -0.05) is 31.9 Å². The van der Waals surface area contributed by atoms with Crippen LogP contribution in [0.4, 0.5) is 0 Å². The number of hydrogen-bond donors (Lipinski definition) is 1. The zero-order valence-corrected chi connectivity index (χ0v) is 13.0. The first-order valence-corrected chi connectivity index (χ1v) is 7.13. The van der Waals surface area contributed by atoms with Gasteiger partial charge in [-0.05, 0) is 49.4 Å². The van der Waals surface area contributed by atoms with Crippen LogP contribution < -0.4 is 10.5 Å². The first-order chi connectivity index (χ1) is 8.56. The molecule has 18 heavy (non-hydrogen) atoms. The molecule has 0 amide bonds. The van der Waals surface area contributed by atoms with Crippen molar-refractivity contribution in [3.05, 3.63) is 57.0 Å². The van der Waals surface area contributed by atoms with E-state index in [0.29, 0.717) is 0 Å². The predicted molar refractivity (Wildman–Crippen MR) is 81.0 cm³/mol. The summed E-state index contributed by atoms with van der Waals surface area (Å²) in [6.07, 6.45) is 0. The third-order valence-electron chi connectivity index (χ3n) is 2.50. The van der Waals surface area contributed by atoms with Gasteiger partial charge in [-0.2, -0.15) is 0 Å². The van der Waals surface area contributed by atoms with Gasteiger partial charge in [0.15, 0.2) is 0 Å². The fourth-order valence-corrected chi connectivity index (χ4v) is 2.24. The number of ether oxygens (including phenoxy) is 1. The van der Waals surface area contributed by atoms with Crippen LogP contribution in [-0.2, 0) is 0 Å². The first kappa shape index (κ1) is 13.6. The number of halogens is 2. The van der Waals surface area contributed by atoms with Crippen LogP contribution in [0.2, 0.25) is 0 Å². The Morgan fingerprint density at radius 3 is 2.22 bits per heavy atom. The molecule has 1 atom stereocenters. The standard InChI is InChI=1S/C14H13Br2NO/c1-9(17)13-8-11(16)4-7-14(13)18-12-5-2-10(15)3-6-12/h2-9H,17H2,1H3. The lowest BCUT2D eigenvalue weighted by atomic mass is 10.1. The van der Waals surface area contributed by atoms with E-state index >= 15 is 0 Å². The second-order valence-electron chi connectivity index (χ2n) is 4.03. The van der Waals surface area contributed by atoms with Crippen molar-refractivity contribution in [3.8, 4) is 11.5 Å². The van der Waals surface area contributed by atoms with Gasteiger partial charge in [0.2, 0.25) is 0 Å². The number of rotatable bonds is 3. The molecule has 0 fully saturated rings. The van der Waals surface area contributed by atoms with E-state index in [1.54, 1.807) is 0 Å². The summed E-state index contributed by atoms with van der Waals surface area (Å²) in [5.74, 6) is 1.58. The molecular formula is C14H13Br2NO. The molecule has 0 aliphatic rings. The summed E-state index contributed by atoms with van der Waals surface area (Å²) < 4.78 is 7.88. The van der Waals surface area contributed by atoms with Crippen LogP contribution in [0.3, 0.4) is 0 Å². The fraction of sp³-hybridized carbons (Fsp3) is 0.143. The zero-order valence-electron chi connectivity index (χ0n) is 9.86. The van der Waals surface area contributed by atoms with E-state index in [9.17, 15) is 0 Å². The van der Waals surface area contributed by atoms with Gasteiger partial charge in [-0.25, -0.2) is 0 Å². The summed E-state index contributed by atoms with van der Waals surface area (Å²) in [5, 5.41) is 0. The molecular weight excluding hydrogens is 358 g/mol. The van der Waals surface area contributed by atoms with Crippen LogP contribution in [-0.4, -0.2) is 0 Å². The Hall–Kier alpha value is -0.840. The molecule has 0 saturated carbocycles. The highest BCUT2D eigenvalue weighted by Crippen LogP contribution is 2.31. The lowest BCUT2D eigenvalue weighted by Crippen LogP contribution is -2.06. The largest absolute Gasteiger partial charge is 0.457 e. The summed E-state index contributed by atoms with van der Waals surface area (Å²) in [6, 6.07) is 13.5. The highest BCUT2D eigenvalue weighted by atomic mass is 79.9. The molecule has 0 spiro atoms. The molecule has 0 saturated heterocycles. The van der Waals surface area contributed by atoms with Crippen molar-refractivity contribution in [3.63, 3.8) is 0 Å². The molecule has 2 rings (SSSR count). The minimum absolute atomic E-state index is 0.0760. The Morgan fingerprint density at radius 2 is 1.61 bits per heavy atom. The van der Waals surface area contributed by atoms with Gasteiger partial charge in [-0.3, -0.25) is 0 Å². The lowest BCUT2D eigenvalue weighted by Gasteiger charge is -2.14. The second-order valence-corrected chi connectivity index (χ2v) is 5.86. The Labute approximate surface area is 123 Å². The molecule has 4 heteroatoms. The van der Waals surface area contributed by atoms with Gasteiger partial charge in [0.1, 0.15) is 11.5 Å². The molecule has 1 unspecified atom stereocenters. The minimum atomic E-state index is -0.0760. The maximum Gasteiger partial charge on any atom is 0.132 e. The van der Waals surface area contributed by atoms with Crippen LogP contribution in [0.25, 0.3) is 0 Å². The average molecular weight is 371 g/mol. The molecule has 0 heterocycles. The average Bonchev–Trinajstić information content (AvgIpc) is 2.34. The molecule has 94 valence electrons. The molecule has 0 bridgehead atoms. The van der Waals surface area contributed by atoms with Gasteiger partial charge in [0.05, 0.1) is 0 Å². The van der Waals surface area contributed by atoms with Crippen molar-refractivity contribution in [1.82, 2.24) is 0 Å². The van der Waals surface area contributed by atoms with Crippen molar-refractivity contribution >= 4 is 31.9 Å². The van der Waals surface area contributed by atoms with Gasteiger partial charge in [-0.15, -0.1) is 0 Å². The molecule has 2 N–H and O–H groups in total. The summed E-state index contributed by atoms with van der Waals surface area (Å²) in [4.78, 5) is 0. The third kappa shape index (κ3) is 3.34. The van der Waals surface area contributed by atoms with Crippen molar-refractivity contribution in [2.45, 2.75) is 13.0 Å². The Kier molecular flexibility index (Phi) is 4.43. The summed E-state index contributed by atoms with van der Waals surface area (Å²) in [6.45, 7) is 1.94. The molecule has 0 aliphatic heterocycles. The van der Waals surface area contributed by atoms with E-state index in [1.807, 2.05) is 49.4 Å². The van der Waals surface area contributed by atoms with Crippen molar-refractivity contribution in [1.29, 1.82) is 0 Å². The van der Waals surface area contributed by atoms with Crippen LogP contribution in [0.15, 0.2) is 51.4 Å². The summed E-state index contributed by atoms with van der Waals surface area (Å²) in [7, 11) is 0. The van der Waals surface area contributed by atoms with E-state index in [2.05, 4.69) is 31.9 Å². The van der Waals surface area contributed by atoms with Crippen LogP contribution in [0.1, 0.15) is 18.5 Å². The van der Waals surface area contributed by atoms with E-state index in [0.717, 1.165) is 26.0 Å². The maximum atomic E-state index is 5.95. The smallest absolute Gasteiger partial charge is 0.132 e. The maximum absolute atomic E-state index is 5.95. The summed E-state index contributed by atoms with van der Waals surface area (Å²) >= 11 is 6.84.